The Labute approximate surface area is 341 Å². The van der Waals surface area contributed by atoms with Crippen LogP contribution in [0.5, 0.6) is 0 Å². The molecule has 12 aromatic rings. The molecule has 0 saturated heterocycles. The molecule has 3 heteroatoms. The fourth-order valence-electron chi connectivity index (χ4n) is 9.21. The van der Waals surface area contributed by atoms with Crippen molar-refractivity contribution in [1.82, 2.24) is 14.5 Å². The lowest BCUT2D eigenvalue weighted by atomic mass is 9.95. The van der Waals surface area contributed by atoms with E-state index in [0.717, 1.165) is 61.1 Å². The third-order valence-electron chi connectivity index (χ3n) is 12.0. The van der Waals surface area contributed by atoms with Crippen LogP contribution in [0.3, 0.4) is 0 Å². The Morgan fingerprint density at radius 1 is 0.305 bits per heavy atom. The second kappa shape index (κ2) is 13.4. The molecule has 0 aliphatic carbocycles. The third kappa shape index (κ3) is 5.36. The number of rotatable bonds is 5. The predicted molar refractivity (Wildman–Crippen MR) is 248 cm³/mol. The van der Waals surface area contributed by atoms with Crippen molar-refractivity contribution < 1.29 is 0 Å². The molecule has 0 amide bonds. The van der Waals surface area contributed by atoms with E-state index in [1.807, 2.05) is 12.1 Å². The van der Waals surface area contributed by atoms with Crippen LogP contribution in [-0.4, -0.2) is 14.5 Å². The van der Waals surface area contributed by atoms with Crippen LogP contribution >= 0.6 is 0 Å². The molecule has 10 aromatic carbocycles. The molecule has 59 heavy (non-hydrogen) atoms. The van der Waals surface area contributed by atoms with Crippen LogP contribution in [0.25, 0.3) is 116 Å². The van der Waals surface area contributed by atoms with Gasteiger partial charge in [-0.2, -0.15) is 0 Å². The molecule has 12 rings (SSSR count). The van der Waals surface area contributed by atoms with Gasteiger partial charge in [-0.25, -0.2) is 9.97 Å². The summed E-state index contributed by atoms with van der Waals surface area (Å²) < 4.78 is 2.47. The third-order valence-corrected chi connectivity index (χ3v) is 12.0. The van der Waals surface area contributed by atoms with Crippen molar-refractivity contribution in [2.24, 2.45) is 0 Å². The van der Waals surface area contributed by atoms with Crippen LogP contribution in [0.15, 0.2) is 212 Å². The minimum atomic E-state index is 0.860. The van der Waals surface area contributed by atoms with E-state index in [9.17, 15) is 0 Å². The highest BCUT2D eigenvalue weighted by Gasteiger charge is 2.21. The van der Waals surface area contributed by atoms with Gasteiger partial charge in [0.2, 0.25) is 0 Å². The van der Waals surface area contributed by atoms with E-state index in [2.05, 4.69) is 205 Å². The van der Waals surface area contributed by atoms with Gasteiger partial charge in [-0.15, -0.1) is 0 Å². The standard InChI is InChI=1S/C56H35N3/c1-2-13-36(14-3-1)37-25-27-38(28-26-37)41-17-12-18-42(35-41)55-56(58-49-24-11-10-23-48(49)57-55)47-31-34-50(46-22-9-8-21-45(46)47)59-51-32-29-39-15-4-6-19-43(39)53(51)54-44-20-7-5-16-40(44)30-33-52(54)59/h1-35H. The quantitative estimate of drug-likeness (QED) is 0.175. The highest BCUT2D eigenvalue weighted by Crippen LogP contribution is 2.44. The van der Waals surface area contributed by atoms with Crippen LogP contribution in [-0.2, 0) is 0 Å². The van der Waals surface area contributed by atoms with Crippen molar-refractivity contribution >= 4 is 65.2 Å². The Hall–Kier alpha value is -7.88. The van der Waals surface area contributed by atoms with Gasteiger partial charge >= 0.3 is 0 Å². The molecule has 274 valence electrons. The first-order valence-electron chi connectivity index (χ1n) is 20.2. The molecule has 0 spiro atoms. The van der Waals surface area contributed by atoms with Crippen molar-refractivity contribution in [2.45, 2.75) is 0 Å². The highest BCUT2D eigenvalue weighted by molar-refractivity contribution is 6.29. The Kier molecular flexibility index (Phi) is 7.54. The van der Waals surface area contributed by atoms with E-state index in [4.69, 9.17) is 9.97 Å². The number of hydrogen-bond acceptors (Lipinski definition) is 2. The lowest BCUT2D eigenvalue weighted by Crippen LogP contribution is -1.99. The molecule has 0 fully saturated rings. The summed E-state index contributed by atoms with van der Waals surface area (Å²) in [5, 5.41) is 9.83. The second-order valence-electron chi connectivity index (χ2n) is 15.3. The lowest BCUT2D eigenvalue weighted by molar-refractivity contribution is 1.20. The number of para-hydroxylation sites is 2. The van der Waals surface area contributed by atoms with E-state index in [-0.39, 0.29) is 0 Å². The zero-order valence-electron chi connectivity index (χ0n) is 32.0. The lowest BCUT2D eigenvalue weighted by Gasteiger charge is -2.17. The molecule has 0 bridgehead atoms. The summed E-state index contributed by atoms with van der Waals surface area (Å²) in [7, 11) is 0. The smallest absolute Gasteiger partial charge is 0.0979 e. The molecular formula is C56H35N3. The van der Waals surface area contributed by atoms with Gasteiger partial charge in [-0.05, 0) is 91.6 Å². The number of benzene rings is 10. The Morgan fingerprint density at radius 2 is 0.797 bits per heavy atom. The van der Waals surface area contributed by atoms with Crippen LogP contribution in [0.4, 0.5) is 0 Å². The first-order valence-corrected chi connectivity index (χ1v) is 20.2. The van der Waals surface area contributed by atoms with Gasteiger partial charge in [0.15, 0.2) is 0 Å². The van der Waals surface area contributed by atoms with Crippen molar-refractivity contribution in [3.63, 3.8) is 0 Å². The van der Waals surface area contributed by atoms with Crippen LogP contribution in [0.1, 0.15) is 0 Å². The summed E-state index contributed by atoms with van der Waals surface area (Å²) in [6.45, 7) is 0. The zero-order valence-corrected chi connectivity index (χ0v) is 32.0. The molecule has 0 radical (unpaired) electrons. The fraction of sp³-hybridized carbons (Fsp3) is 0. The molecule has 0 unspecified atom stereocenters. The summed E-state index contributed by atoms with van der Waals surface area (Å²) in [4.78, 5) is 10.8. The molecule has 2 heterocycles. The van der Waals surface area contributed by atoms with Crippen molar-refractivity contribution in [3.05, 3.63) is 212 Å². The number of fused-ring (bicyclic) bond motifs is 9. The van der Waals surface area contributed by atoms with Crippen molar-refractivity contribution in [1.29, 1.82) is 0 Å². The molecule has 0 aliphatic heterocycles. The summed E-state index contributed by atoms with van der Waals surface area (Å²) in [5.74, 6) is 0. The number of aromatic nitrogens is 3. The highest BCUT2D eigenvalue weighted by atomic mass is 15.0. The SMILES string of the molecule is c1ccc(-c2ccc(-c3cccc(-c4nc5ccccc5nc4-c4ccc(-n5c6ccc7ccccc7c6c6c7ccccc7ccc65)c5ccccc45)c3)cc2)cc1. The summed E-state index contributed by atoms with van der Waals surface area (Å²) in [5.41, 5.74) is 13.7. The van der Waals surface area contributed by atoms with Gasteiger partial charge < -0.3 is 4.57 Å². The first kappa shape index (κ1) is 33.3. The molecule has 0 saturated carbocycles. The molecule has 0 N–H and O–H groups in total. The van der Waals surface area contributed by atoms with Gasteiger partial charge in [0, 0.05) is 27.3 Å². The average Bonchev–Trinajstić information content (AvgIpc) is 3.66. The monoisotopic (exact) mass is 749 g/mol. The Bertz CT molecular complexity index is 3510. The van der Waals surface area contributed by atoms with Crippen LogP contribution in [0.2, 0.25) is 0 Å². The predicted octanol–water partition coefficient (Wildman–Crippen LogP) is 14.9. The first-order chi connectivity index (χ1) is 29.3. The van der Waals surface area contributed by atoms with E-state index >= 15 is 0 Å². The van der Waals surface area contributed by atoms with E-state index < -0.39 is 0 Å². The maximum atomic E-state index is 5.41. The fourth-order valence-corrected chi connectivity index (χ4v) is 9.21. The minimum Gasteiger partial charge on any atom is -0.309 e. The van der Waals surface area contributed by atoms with Gasteiger partial charge in [0.05, 0.1) is 39.1 Å². The Balaban J connectivity index is 1.07. The maximum Gasteiger partial charge on any atom is 0.0979 e. The molecular weight excluding hydrogens is 715 g/mol. The largest absolute Gasteiger partial charge is 0.309 e. The minimum absolute atomic E-state index is 0.860. The van der Waals surface area contributed by atoms with Crippen LogP contribution < -0.4 is 0 Å². The zero-order chi connectivity index (χ0) is 38.9. The summed E-state index contributed by atoms with van der Waals surface area (Å²) in [6, 6.07) is 76.2. The topological polar surface area (TPSA) is 30.7 Å². The molecule has 2 aromatic heterocycles. The summed E-state index contributed by atoms with van der Waals surface area (Å²) >= 11 is 0. The van der Waals surface area contributed by atoms with E-state index in [0.29, 0.717) is 0 Å². The van der Waals surface area contributed by atoms with Crippen molar-refractivity contribution in [2.75, 3.05) is 0 Å². The maximum absolute atomic E-state index is 5.41. The van der Waals surface area contributed by atoms with Gasteiger partial charge in [-0.1, -0.05) is 170 Å². The second-order valence-corrected chi connectivity index (χ2v) is 15.3. The Morgan fingerprint density at radius 3 is 1.46 bits per heavy atom. The number of nitrogens with zero attached hydrogens (tertiary/aromatic N) is 3. The van der Waals surface area contributed by atoms with Gasteiger partial charge in [-0.3, -0.25) is 0 Å². The van der Waals surface area contributed by atoms with Crippen LogP contribution in [0, 0.1) is 0 Å². The van der Waals surface area contributed by atoms with Crippen molar-refractivity contribution in [3.8, 4) is 50.5 Å². The molecule has 0 aliphatic rings. The molecule has 3 nitrogen and oxygen atoms in total. The van der Waals surface area contributed by atoms with E-state index in [1.165, 1.54) is 54.5 Å². The average molecular weight is 750 g/mol. The van der Waals surface area contributed by atoms with Gasteiger partial charge in [0.25, 0.3) is 0 Å². The summed E-state index contributed by atoms with van der Waals surface area (Å²) in [6.07, 6.45) is 0. The number of hydrogen-bond donors (Lipinski definition) is 0. The normalized spacial score (nSPS) is 11.7. The van der Waals surface area contributed by atoms with E-state index in [1.54, 1.807) is 0 Å². The molecule has 0 atom stereocenters. The van der Waals surface area contributed by atoms with Gasteiger partial charge in [0.1, 0.15) is 0 Å².